The minimum absolute atomic E-state index is 0.772. The van der Waals surface area contributed by atoms with Gasteiger partial charge in [0.2, 0.25) is 0 Å². The van der Waals surface area contributed by atoms with Crippen LogP contribution in [0.2, 0.25) is 0 Å². The molecule has 3 heterocycles. The van der Waals surface area contributed by atoms with E-state index in [0.717, 1.165) is 40.3 Å². The van der Waals surface area contributed by atoms with E-state index in [1.54, 1.807) is 11.8 Å². The van der Waals surface area contributed by atoms with Crippen LogP contribution in [0.4, 0.5) is 0 Å². The minimum atomic E-state index is 0.772. The second kappa shape index (κ2) is 6.64. The number of aryl methyl sites for hydroxylation is 1. The highest BCUT2D eigenvalue weighted by molar-refractivity contribution is 5.75. The van der Waals surface area contributed by atoms with Gasteiger partial charge in [0.05, 0.1) is 25.1 Å². The maximum atomic E-state index is 5.62. The van der Waals surface area contributed by atoms with Gasteiger partial charge in [0, 0.05) is 37.0 Å². The van der Waals surface area contributed by atoms with Gasteiger partial charge in [0.25, 0.3) is 0 Å². The monoisotopic (exact) mass is 334 g/mol. The number of rotatable bonds is 3. The molecule has 0 atom stereocenters. The van der Waals surface area contributed by atoms with Gasteiger partial charge >= 0.3 is 0 Å². The second-order valence-corrected chi connectivity index (χ2v) is 6.71. The summed E-state index contributed by atoms with van der Waals surface area (Å²) in [5.41, 5.74) is 3.90. The number of pyridine rings is 1. The van der Waals surface area contributed by atoms with Gasteiger partial charge in [-0.15, -0.1) is 0 Å². The number of methoxy groups -OCH3 is 1. The molecule has 0 unspecified atom stereocenters. The van der Waals surface area contributed by atoms with Gasteiger partial charge < -0.3 is 4.74 Å². The molecule has 0 saturated heterocycles. The third kappa shape index (κ3) is 3.12. The van der Waals surface area contributed by atoms with Crippen LogP contribution in [0.15, 0.2) is 30.9 Å². The van der Waals surface area contributed by atoms with E-state index >= 15 is 0 Å². The van der Waals surface area contributed by atoms with Crippen molar-refractivity contribution in [3.63, 3.8) is 0 Å². The highest BCUT2D eigenvalue weighted by Gasteiger charge is 2.14. The average Bonchev–Trinajstić information content (AvgIpc) is 3.35. The van der Waals surface area contributed by atoms with E-state index in [0.29, 0.717) is 0 Å². The zero-order chi connectivity index (χ0) is 17.2. The summed E-state index contributed by atoms with van der Waals surface area (Å²) >= 11 is 0. The van der Waals surface area contributed by atoms with Crippen molar-refractivity contribution in [2.75, 3.05) is 7.11 Å². The Morgan fingerprint density at radius 3 is 2.72 bits per heavy atom. The van der Waals surface area contributed by atoms with Crippen molar-refractivity contribution in [3.05, 3.63) is 36.4 Å². The maximum absolute atomic E-state index is 5.62. The Labute approximate surface area is 147 Å². The number of nitrogens with zero attached hydrogens (tertiary/aromatic N) is 4. The molecule has 3 aromatic rings. The summed E-state index contributed by atoms with van der Waals surface area (Å²) in [5, 5.41) is 8.71. The van der Waals surface area contributed by atoms with E-state index in [1.165, 1.54) is 25.7 Å². The summed E-state index contributed by atoms with van der Waals surface area (Å²) < 4.78 is 9.25. The molecule has 0 spiro atoms. The first-order valence-electron chi connectivity index (χ1n) is 8.78. The summed E-state index contributed by atoms with van der Waals surface area (Å²) in [7, 11) is 3.59. The summed E-state index contributed by atoms with van der Waals surface area (Å²) in [6.07, 6.45) is 14.0. The van der Waals surface area contributed by atoms with Gasteiger partial charge in [-0.3, -0.25) is 4.68 Å². The lowest BCUT2D eigenvalue weighted by Crippen LogP contribution is -1.94. The Bertz CT molecular complexity index is 951. The number of ether oxygens (including phenoxy) is 1. The average molecular weight is 334 g/mol. The topological polar surface area (TPSA) is 44.4 Å². The number of hydrogen-bond acceptors (Lipinski definition) is 3. The quantitative estimate of drug-likeness (QED) is 0.686. The Morgan fingerprint density at radius 2 is 2.00 bits per heavy atom. The van der Waals surface area contributed by atoms with Crippen LogP contribution in [-0.2, 0) is 7.05 Å². The maximum Gasteiger partial charge on any atom is 0.146 e. The first kappa shape index (κ1) is 15.8. The highest BCUT2D eigenvalue weighted by atomic mass is 16.5. The summed E-state index contributed by atoms with van der Waals surface area (Å²) in [6, 6.07) is 2.02. The molecule has 0 aliphatic heterocycles. The van der Waals surface area contributed by atoms with Gasteiger partial charge in [-0.25, -0.2) is 4.52 Å². The largest absolute Gasteiger partial charge is 0.494 e. The fourth-order valence-corrected chi connectivity index (χ4v) is 3.56. The number of aromatic nitrogens is 4. The van der Waals surface area contributed by atoms with Gasteiger partial charge in [0.1, 0.15) is 11.3 Å². The molecule has 0 aromatic carbocycles. The zero-order valence-corrected chi connectivity index (χ0v) is 14.7. The van der Waals surface area contributed by atoms with Crippen LogP contribution in [0.25, 0.3) is 16.6 Å². The van der Waals surface area contributed by atoms with E-state index in [9.17, 15) is 0 Å². The predicted molar refractivity (Wildman–Crippen MR) is 97.4 cm³/mol. The van der Waals surface area contributed by atoms with E-state index in [4.69, 9.17) is 4.74 Å². The minimum Gasteiger partial charge on any atom is -0.494 e. The normalized spacial score (nSPS) is 14.6. The molecule has 3 aromatic heterocycles. The van der Waals surface area contributed by atoms with Crippen molar-refractivity contribution in [2.45, 2.75) is 32.1 Å². The molecule has 0 N–H and O–H groups in total. The molecule has 25 heavy (non-hydrogen) atoms. The molecule has 4 rings (SSSR count). The van der Waals surface area contributed by atoms with Crippen LogP contribution in [0.5, 0.6) is 5.75 Å². The predicted octanol–water partition coefficient (Wildman–Crippen LogP) is 3.68. The Hall–Kier alpha value is -2.74. The van der Waals surface area contributed by atoms with Crippen molar-refractivity contribution >= 4 is 5.52 Å². The van der Waals surface area contributed by atoms with Crippen molar-refractivity contribution in [1.82, 2.24) is 19.4 Å². The van der Waals surface area contributed by atoms with E-state index in [1.807, 2.05) is 42.4 Å². The van der Waals surface area contributed by atoms with Crippen molar-refractivity contribution in [3.8, 4) is 28.7 Å². The number of fused-ring (bicyclic) bond motifs is 1. The lowest BCUT2D eigenvalue weighted by molar-refractivity contribution is 0.417. The summed E-state index contributed by atoms with van der Waals surface area (Å²) in [6.45, 7) is 0. The molecular weight excluding hydrogens is 312 g/mol. The highest BCUT2D eigenvalue weighted by Crippen LogP contribution is 2.30. The molecule has 1 aliphatic carbocycles. The molecule has 1 aliphatic rings. The first-order chi connectivity index (χ1) is 12.2. The molecule has 128 valence electrons. The Kier molecular flexibility index (Phi) is 4.19. The van der Waals surface area contributed by atoms with Crippen LogP contribution in [0.1, 0.15) is 37.7 Å². The van der Waals surface area contributed by atoms with Crippen LogP contribution in [0, 0.1) is 17.8 Å². The fourth-order valence-electron chi connectivity index (χ4n) is 3.56. The van der Waals surface area contributed by atoms with Gasteiger partial charge in [-0.05, 0) is 24.8 Å². The van der Waals surface area contributed by atoms with Crippen LogP contribution < -0.4 is 4.74 Å². The molecular formula is C20H22N4O. The standard InChI is InChI=1S/C20H22N4O/c1-23-13-18(12-21-23)17-10-19(25-2)20-16(11-22-24(20)14-17)9-5-8-15-6-3-4-7-15/h10-15H,3-4,6-8H2,1-2H3. The van der Waals surface area contributed by atoms with Gasteiger partial charge in [-0.2, -0.15) is 10.2 Å². The van der Waals surface area contributed by atoms with Crippen LogP contribution in [-0.4, -0.2) is 26.5 Å². The molecule has 5 nitrogen and oxygen atoms in total. The smallest absolute Gasteiger partial charge is 0.146 e. The van der Waals surface area contributed by atoms with E-state index in [2.05, 4.69) is 22.0 Å². The van der Waals surface area contributed by atoms with Crippen LogP contribution >= 0.6 is 0 Å². The molecule has 1 fully saturated rings. The van der Waals surface area contributed by atoms with E-state index < -0.39 is 0 Å². The van der Waals surface area contributed by atoms with Crippen molar-refractivity contribution in [2.24, 2.45) is 13.0 Å². The lowest BCUT2D eigenvalue weighted by atomic mass is 10.0. The third-order valence-electron chi connectivity index (χ3n) is 4.92. The van der Waals surface area contributed by atoms with E-state index in [-0.39, 0.29) is 0 Å². The summed E-state index contributed by atoms with van der Waals surface area (Å²) in [5.74, 6) is 8.21. The number of hydrogen-bond donors (Lipinski definition) is 0. The van der Waals surface area contributed by atoms with Crippen LogP contribution in [0.3, 0.4) is 0 Å². The van der Waals surface area contributed by atoms with Gasteiger partial charge in [0.15, 0.2) is 0 Å². The zero-order valence-electron chi connectivity index (χ0n) is 14.7. The first-order valence-corrected chi connectivity index (χ1v) is 8.78. The SMILES string of the molecule is COc1cc(-c2cnn(C)c2)cn2ncc(C#CCC3CCCC3)c12. The third-order valence-corrected chi connectivity index (χ3v) is 4.92. The fraction of sp³-hybridized carbons (Fsp3) is 0.400. The van der Waals surface area contributed by atoms with Crippen molar-refractivity contribution < 1.29 is 4.74 Å². The Balaban J connectivity index is 1.69. The molecule has 1 saturated carbocycles. The second-order valence-electron chi connectivity index (χ2n) is 6.71. The van der Waals surface area contributed by atoms with Gasteiger partial charge in [-0.1, -0.05) is 24.7 Å². The molecule has 0 radical (unpaired) electrons. The molecule has 0 bridgehead atoms. The molecule has 0 amide bonds. The lowest BCUT2D eigenvalue weighted by Gasteiger charge is -2.06. The van der Waals surface area contributed by atoms with Crippen molar-refractivity contribution in [1.29, 1.82) is 0 Å². The Morgan fingerprint density at radius 1 is 1.16 bits per heavy atom. The summed E-state index contributed by atoms with van der Waals surface area (Å²) in [4.78, 5) is 0. The molecule has 5 heteroatoms.